The van der Waals surface area contributed by atoms with Gasteiger partial charge in [-0.25, -0.2) is 4.57 Å². The normalized spacial score (nSPS) is 14.2. The van der Waals surface area contributed by atoms with Crippen molar-refractivity contribution in [1.29, 1.82) is 0 Å². The quantitative estimate of drug-likeness (QED) is 0.0233. The Kier molecular flexibility index (Phi) is 37.5. The van der Waals surface area contributed by atoms with Gasteiger partial charge in [-0.3, -0.25) is 23.4 Å². The zero-order chi connectivity index (χ0) is 41.4. The summed E-state index contributed by atoms with van der Waals surface area (Å²) >= 11 is 0. The topological polar surface area (TPSA) is 172 Å². The predicted octanol–water partition coefficient (Wildman–Crippen LogP) is 11.4. The Hall–Kier alpha value is -2.56. The number of hydrogen-bond acceptors (Lipinski definition) is 9. The van der Waals surface area contributed by atoms with Gasteiger partial charge in [-0.1, -0.05) is 165 Å². The fourth-order valence-electron chi connectivity index (χ4n) is 5.70. The van der Waals surface area contributed by atoms with Gasteiger partial charge in [0, 0.05) is 12.8 Å². The molecule has 0 saturated carbocycles. The fourth-order valence-corrected chi connectivity index (χ4v) is 6.48. The van der Waals surface area contributed by atoms with E-state index in [9.17, 15) is 23.8 Å². The summed E-state index contributed by atoms with van der Waals surface area (Å²) < 4.78 is 32.6. The number of phosphoric ester groups is 1. The average molecular weight is 812 g/mol. The van der Waals surface area contributed by atoms with Crippen molar-refractivity contribution in [3.8, 4) is 0 Å². The molecule has 0 rings (SSSR count). The van der Waals surface area contributed by atoms with Gasteiger partial charge in [0.2, 0.25) is 0 Å². The van der Waals surface area contributed by atoms with Crippen molar-refractivity contribution in [3.05, 3.63) is 48.6 Å². The van der Waals surface area contributed by atoms with Crippen molar-refractivity contribution < 1.29 is 47.5 Å². The van der Waals surface area contributed by atoms with Crippen LogP contribution in [0.5, 0.6) is 0 Å². The highest BCUT2D eigenvalue weighted by molar-refractivity contribution is 7.47. The molecule has 0 aromatic carbocycles. The van der Waals surface area contributed by atoms with Crippen LogP contribution in [0, 0.1) is 0 Å². The van der Waals surface area contributed by atoms with Crippen molar-refractivity contribution in [2.45, 2.75) is 193 Å². The monoisotopic (exact) mass is 812 g/mol. The Labute approximate surface area is 339 Å². The number of unbranched alkanes of at least 4 members (excludes halogenated alkanes) is 18. The molecule has 0 heterocycles. The number of carbonyl (C=O) groups is 3. The molecule has 1 unspecified atom stereocenters. The first kappa shape index (κ1) is 53.4. The highest BCUT2D eigenvalue weighted by Crippen LogP contribution is 2.43. The van der Waals surface area contributed by atoms with Crippen LogP contribution in [-0.2, 0) is 37.5 Å². The summed E-state index contributed by atoms with van der Waals surface area (Å²) in [6.07, 6.45) is 43.2. The molecule has 0 aromatic heterocycles. The van der Waals surface area contributed by atoms with E-state index in [0.717, 1.165) is 57.8 Å². The van der Waals surface area contributed by atoms with Crippen LogP contribution < -0.4 is 5.73 Å². The lowest BCUT2D eigenvalue weighted by Crippen LogP contribution is -2.34. The van der Waals surface area contributed by atoms with Gasteiger partial charge in [-0.15, -0.1) is 0 Å². The molecule has 0 aliphatic rings. The third-order valence-electron chi connectivity index (χ3n) is 9.09. The maximum atomic E-state index is 12.6. The summed E-state index contributed by atoms with van der Waals surface area (Å²) in [5.74, 6) is -2.43. The molecular formula is C44H78NO10P. The molecule has 0 saturated heterocycles. The molecule has 56 heavy (non-hydrogen) atoms. The number of nitrogens with two attached hydrogens (primary N) is 1. The minimum absolute atomic E-state index is 0.154. The minimum Gasteiger partial charge on any atom is -0.480 e. The number of hydrogen-bond donors (Lipinski definition) is 3. The van der Waals surface area contributed by atoms with Crippen LogP contribution in [0.1, 0.15) is 181 Å². The predicted molar refractivity (Wildman–Crippen MR) is 226 cm³/mol. The van der Waals surface area contributed by atoms with E-state index in [2.05, 4.69) is 67.0 Å². The van der Waals surface area contributed by atoms with E-state index in [-0.39, 0.29) is 19.4 Å². The number of carbonyl (C=O) groups excluding carboxylic acids is 2. The fraction of sp³-hybridized carbons (Fsp3) is 0.750. The van der Waals surface area contributed by atoms with Gasteiger partial charge in [-0.05, 0) is 51.4 Å². The number of phosphoric acid groups is 1. The lowest BCUT2D eigenvalue weighted by Gasteiger charge is -2.20. The van der Waals surface area contributed by atoms with E-state index in [4.69, 9.17) is 24.8 Å². The van der Waals surface area contributed by atoms with Gasteiger partial charge in [0.25, 0.3) is 0 Å². The highest BCUT2D eigenvalue weighted by Gasteiger charge is 2.28. The second kappa shape index (κ2) is 39.3. The highest BCUT2D eigenvalue weighted by atomic mass is 31.2. The van der Waals surface area contributed by atoms with Crippen LogP contribution in [0.3, 0.4) is 0 Å². The molecule has 0 radical (unpaired) electrons. The third kappa shape index (κ3) is 38.3. The van der Waals surface area contributed by atoms with Crippen LogP contribution in [0.25, 0.3) is 0 Å². The Morgan fingerprint density at radius 3 is 1.50 bits per heavy atom. The molecule has 0 aliphatic heterocycles. The van der Waals surface area contributed by atoms with Gasteiger partial charge in [-0.2, -0.15) is 0 Å². The van der Waals surface area contributed by atoms with Crippen LogP contribution in [-0.4, -0.2) is 59.9 Å². The molecule has 0 bridgehead atoms. The average Bonchev–Trinajstić information content (AvgIpc) is 3.17. The molecule has 3 atom stereocenters. The molecular weight excluding hydrogens is 733 g/mol. The first-order valence-electron chi connectivity index (χ1n) is 21.7. The Balaban J connectivity index is 4.41. The van der Waals surface area contributed by atoms with E-state index in [1.165, 1.54) is 83.5 Å². The summed E-state index contributed by atoms with van der Waals surface area (Å²) in [5.41, 5.74) is 5.33. The molecule has 4 N–H and O–H groups in total. The zero-order valence-electron chi connectivity index (χ0n) is 35.0. The maximum Gasteiger partial charge on any atom is 0.472 e. The number of rotatable bonds is 40. The van der Waals surface area contributed by atoms with Crippen molar-refractivity contribution in [2.24, 2.45) is 5.73 Å². The number of aliphatic carboxylic acids is 1. The number of ether oxygens (including phenoxy) is 2. The SMILES string of the molecule is CC/C=C\C/C=C\C/C=C\C/C=C\CCCCC(=O)OC[C@H](COP(=O)(O)OC[C@H](N)C(=O)O)OC(=O)CCCCCCCCCCCCCCCCCCC. The number of carboxylic acids is 1. The summed E-state index contributed by atoms with van der Waals surface area (Å²) in [6.45, 7) is 2.65. The van der Waals surface area contributed by atoms with Crippen LogP contribution in [0.4, 0.5) is 0 Å². The first-order valence-corrected chi connectivity index (χ1v) is 23.2. The lowest BCUT2D eigenvalue weighted by molar-refractivity contribution is -0.161. The van der Waals surface area contributed by atoms with Crippen molar-refractivity contribution >= 4 is 25.7 Å². The number of carboxylic acid groups (broad SMARTS) is 1. The second-order valence-corrected chi connectivity index (χ2v) is 15.9. The number of allylic oxidation sites excluding steroid dienone is 8. The largest absolute Gasteiger partial charge is 0.480 e. The van der Waals surface area contributed by atoms with E-state index in [1.54, 1.807) is 0 Å². The van der Waals surface area contributed by atoms with Crippen LogP contribution >= 0.6 is 7.82 Å². The second-order valence-electron chi connectivity index (χ2n) is 14.5. The van der Waals surface area contributed by atoms with Gasteiger partial charge in [0.15, 0.2) is 6.10 Å². The molecule has 12 heteroatoms. The van der Waals surface area contributed by atoms with Crippen LogP contribution in [0.15, 0.2) is 48.6 Å². The van der Waals surface area contributed by atoms with E-state index in [0.29, 0.717) is 12.8 Å². The van der Waals surface area contributed by atoms with Crippen LogP contribution in [0.2, 0.25) is 0 Å². The summed E-state index contributed by atoms with van der Waals surface area (Å²) in [4.78, 5) is 45.9. The molecule has 0 amide bonds. The molecule has 0 fully saturated rings. The standard InChI is InChI=1S/C44H78NO10P/c1-3-5-7-9-11-13-15-17-19-20-22-24-26-28-30-32-34-36-43(47)55-40(38-53-56(50,51)54-39-41(45)44(48)49)37-52-42(46)35-33-31-29-27-25-23-21-18-16-14-12-10-8-6-4-2/h6,8,12,14,18,21,25,27,40-41H,3-5,7,9-11,13,15-17,19-20,22-24,26,28-39,45H2,1-2H3,(H,48,49)(H,50,51)/b8-6-,14-12-,21-18-,27-25-/t40-,41+/m1/s1. The van der Waals surface area contributed by atoms with Gasteiger partial charge in [0.1, 0.15) is 12.6 Å². The van der Waals surface area contributed by atoms with Gasteiger partial charge in [0.05, 0.1) is 13.2 Å². The summed E-state index contributed by atoms with van der Waals surface area (Å²) in [7, 11) is -4.72. The Morgan fingerprint density at radius 1 is 0.571 bits per heavy atom. The summed E-state index contributed by atoms with van der Waals surface area (Å²) in [6, 6.07) is -1.53. The molecule has 324 valence electrons. The lowest BCUT2D eigenvalue weighted by atomic mass is 10.0. The van der Waals surface area contributed by atoms with Crippen molar-refractivity contribution in [3.63, 3.8) is 0 Å². The molecule has 11 nitrogen and oxygen atoms in total. The number of esters is 2. The van der Waals surface area contributed by atoms with Crippen molar-refractivity contribution in [1.82, 2.24) is 0 Å². The maximum absolute atomic E-state index is 12.6. The van der Waals surface area contributed by atoms with Crippen molar-refractivity contribution in [2.75, 3.05) is 19.8 Å². The van der Waals surface area contributed by atoms with E-state index >= 15 is 0 Å². The molecule has 0 aliphatic carbocycles. The first-order chi connectivity index (χ1) is 27.1. The third-order valence-corrected chi connectivity index (χ3v) is 10.0. The molecule has 0 aromatic rings. The van der Waals surface area contributed by atoms with Gasteiger partial charge < -0.3 is 25.2 Å². The zero-order valence-corrected chi connectivity index (χ0v) is 35.9. The smallest absolute Gasteiger partial charge is 0.472 e. The molecule has 0 spiro atoms. The Morgan fingerprint density at radius 2 is 1.00 bits per heavy atom. The minimum atomic E-state index is -4.72. The van der Waals surface area contributed by atoms with Gasteiger partial charge >= 0.3 is 25.7 Å². The summed E-state index contributed by atoms with van der Waals surface area (Å²) in [5, 5.41) is 8.88. The Bertz CT molecular complexity index is 1140. The van der Waals surface area contributed by atoms with E-state index in [1.807, 2.05) is 0 Å². The van der Waals surface area contributed by atoms with E-state index < -0.39 is 51.1 Å².